The Labute approximate surface area is 107 Å². The Kier molecular flexibility index (Phi) is 4.38. The maximum atomic E-state index is 12.0. The summed E-state index contributed by atoms with van der Waals surface area (Å²) in [6.45, 7) is 14.4. The van der Waals surface area contributed by atoms with E-state index in [4.69, 9.17) is 0 Å². The van der Waals surface area contributed by atoms with Gasteiger partial charge in [-0.2, -0.15) is 0 Å². The van der Waals surface area contributed by atoms with Crippen LogP contribution in [0.15, 0.2) is 73.4 Å². The molecule has 0 saturated carbocycles. The van der Waals surface area contributed by atoms with Gasteiger partial charge in [0.2, 0.25) is 0 Å². The van der Waals surface area contributed by atoms with Gasteiger partial charge in [-0.05, 0) is 5.57 Å². The van der Waals surface area contributed by atoms with Crippen molar-refractivity contribution in [2.45, 2.75) is 0 Å². The highest BCUT2D eigenvalue weighted by Crippen LogP contribution is 2.23. The Bertz CT molecular complexity index is 477. The number of carbonyl (C=O) groups is 2. The van der Waals surface area contributed by atoms with Crippen molar-refractivity contribution < 1.29 is 9.59 Å². The SMILES string of the molecule is C=C/C=C(\C=C)CN1C(=O)C(C=C)=C(C=C)C1=O. The lowest BCUT2D eigenvalue weighted by atomic mass is 10.1. The predicted octanol–water partition coefficient (Wildman–Crippen LogP) is 2.32. The summed E-state index contributed by atoms with van der Waals surface area (Å²) in [5.74, 6) is -0.719. The third kappa shape index (κ3) is 2.30. The quantitative estimate of drug-likeness (QED) is 0.528. The molecule has 1 rings (SSSR count). The van der Waals surface area contributed by atoms with E-state index in [1.165, 1.54) is 12.2 Å². The van der Waals surface area contributed by atoms with E-state index in [1.807, 2.05) is 0 Å². The third-order valence-corrected chi connectivity index (χ3v) is 2.58. The van der Waals surface area contributed by atoms with Crippen LogP contribution in [0.4, 0.5) is 0 Å². The lowest BCUT2D eigenvalue weighted by molar-refractivity contribution is -0.136. The molecule has 0 bridgehead atoms. The van der Waals surface area contributed by atoms with Crippen molar-refractivity contribution in [1.29, 1.82) is 0 Å². The van der Waals surface area contributed by atoms with Crippen molar-refractivity contribution in [2.24, 2.45) is 0 Å². The number of imide groups is 1. The van der Waals surface area contributed by atoms with Crippen LogP contribution in [0, 0.1) is 0 Å². The van der Waals surface area contributed by atoms with Gasteiger partial charge in [0.1, 0.15) is 0 Å². The molecule has 3 heteroatoms. The van der Waals surface area contributed by atoms with Crippen molar-refractivity contribution >= 4 is 11.8 Å². The molecule has 1 aliphatic heterocycles. The topological polar surface area (TPSA) is 37.4 Å². The number of nitrogens with zero attached hydrogens (tertiary/aromatic N) is 1. The van der Waals surface area contributed by atoms with Crippen molar-refractivity contribution in [2.75, 3.05) is 6.54 Å². The van der Waals surface area contributed by atoms with Crippen LogP contribution in [-0.4, -0.2) is 23.3 Å². The Balaban J connectivity index is 3.07. The fourth-order valence-corrected chi connectivity index (χ4v) is 1.67. The second-order valence-electron chi connectivity index (χ2n) is 3.61. The van der Waals surface area contributed by atoms with Gasteiger partial charge >= 0.3 is 0 Å². The van der Waals surface area contributed by atoms with Crippen LogP contribution in [0.5, 0.6) is 0 Å². The number of amides is 2. The lowest BCUT2D eigenvalue weighted by Crippen LogP contribution is -2.33. The van der Waals surface area contributed by atoms with E-state index in [1.54, 1.807) is 18.2 Å². The fourth-order valence-electron chi connectivity index (χ4n) is 1.67. The highest BCUT2D eigenvalue weighted by Gasteiger charge is 2.35. The minimum Gasteiger partial charge on any atom is -0.270 e. The first-order chi connectivity index (χ1) is 8.60. The average Bonchev–Trinajstić information content (AvgIpc) is 2.60. The zero-order valence-electron chi connectivity index (χ0n) is 10.2. The highest BCUT2D eigenvalue weighted by atomic mass is 16.2. The summed E-state index contributed by atoms with van der Waals surface area (Å²) in [5.41, 5.74) is 1.31. The lowest BCUT2D eigenvalue weighted by Gasteiger charge is -2.15. The van der Waals surface area contributed by atoms with Crippen LogP contribution >= 0.6 is 0 Å². The van der Waals surface area contributed by atoms with Gasteiger partial charge < -0.3 is 0 Å². The minimum atomic E-state index is -0.360. The van der Waals surface area contributed by atoms with Crippen molar-refractivity contribution in [3.05, 3.63) is 73.4 Å². The number of carbonyl (C=O) groups excluding carboxylic acids is 2. The van der Waals surface area contributed by atoms with E-state index >= 15 is 0 Å². The molecule has 0 aromatic rings. The van der Waals surface area contributed by atoms with Gasteiger partial charge in [-0.25, -0.2) is 0 Å². The van der Waals surface area contributed by atoms with Gasteiger partial charge in [0.05, 0.1) is 17.7 Å². The molecular weight excluding hydrogens is 226 g/mol. The van der Waals surface area contributed by atoms with Crippen molar-refractivity contribution in [1.82, 2.24) is 4.90 Å². The molecule has 1 heterocycles. The molecule has 0 fully saturated rings. The second kappa shape index (κ2) is 5.77. The summed E-state index contributed by atoms with van der Waals surface area (Å²) in [5, 5.41) is 0. The third-order valence-electron chi connectivity index (χ3n) is 2.58. The van der Waals surface area contributed by atoms with Gasteiger partial charge in [0.15, 0.2) is 0 Å². The van der Waals surface area contributed by atoms with Crippen LogP contribution in [-0.2, 0) is 9.59 Å². The van der Waals surface area contributed by atoms with E-state index in [2.05, 4.69) is 26.3 Å². The van der Waals surface area contributed by atoms with Crippen LogP contribution in [0.25, 0.3) is 0 Å². The maximum absolute atomic E-state index is 12.0. The van der Waals surface area contributed by atoms with Gasteiger partial charge in [0.25, 0.3) is 11.8 Å². The van der Waals surface area contributed by atoms with Crippen molar-refractivity contribution in [3.63, 3.8) is 0 Å². The Hall–Kier alpha value is -2.42. The molecule has 2 amide bonds. The zero-order valence-corrected chi connectivity index (χ0v) is 10.2. The van der Waals surface area contributed by atoms with Gasteiger partial charge in [-0.1, -0.05) is 56.7 Å². The number of allylic oxidation sites excluding steroid dienone is 2. The molecule has 0 aliphatic carbocycles. The molecule has 0 N–H and O–H groups in total. The van der Waals surface area contributed by atoms with E-state index in [9.17, 15) is 9.59 Å². The van der Waals surface area contributed by atoms with E-state index in [0.717, 1.165) is 10.5 Å². The summed E-state index contributed by atoms with van der Waals surface area (Å²) < 4.78 is 0. The first-order valence-corrected chi connectivity index (χ1v) is 5.40. The van der Waals surface area contributed by atoms with Gasteiger partial charge in [-0.15, -0.1) is 0 Å². The number of rotatable bonds is 6. The normalized spacial score (nSPS) is 16.0. The molecule has 3 nitrogen and oxygen atoms in total. The first-order valence-electron chi connectivity index (χ1n) is 5.40. The largest absolute Gasteiger partial charge is 0.270 e. The average molecular weight is 241 g/mol. The summed E-state index contributed by atoms with van der Waals surface area (Å²) in [7, 11) is 0. The molecule has 0 saturated heterocycles. The van der Waals surface area contributed by atoms with E-state index in [0.29, 0.717) is 0 Å². The standard InChI is InChI=1S/C15H15NO2/c1-5-9-11(6-2)10-16-14(17)12(7-3)13(8-4)15(16)18/h5-9H,1-4,10H2/b11-9+. The van der Waals surface area contributed by atoms with Crippen LogP contribution in [0.3, 0.4) is 0 Å². The summed E-state index contributed by atoms with van der Waals surface area (Å²) in [6, 6.07) is 0. The monoisotopic (exact) mass is 241 g/mol. The molecule has 0 aromatic carbocycles. The Morgan fingerprint density at radius 3 is 1.83 bits per heavy atom. The Morgan fingerprint density at radius 2 is 1.50 bits per heavy atom. The second-order valence-corrected chi connectivity index (χ2v) is 3.61. The molecule has 0 atom stereocenters. The fraction of sp³-hybridized carbons (Fsp3) is 0.0667. The highest BCUT2D eigenvalue weighted by molar-refractivity contribution is 6.22. The van der Waals surface area contributed by atoms with Crippen molar-refractivity contribution in [3.8, 4) is 0 Å². The first kappa shape index (κ1) is 13.6. The summed E-state index contributed by atoms with van der Waals surface area (Å²) in [4.78, 5) is 25.2. The number of hydrogen-bond donors (Lipinski definition) is 0. The van der Waals surface area contributed by atoms with Crippen LogP contribution in [0.1, 0.15) is 0 Å². The van der Waals surface area contributed by atoms with Crippen LogP contribution in [0.2, 0.25) is 0 Å². The number of hydrogen-bond acceptors (Lipinski definition) is 2. The smallest absolute Gasteiger partial charge is 0.261 e. The maximum Gasteiger partial charge on any atom is 0.261 e. The summed E-state index contributed by atoms with van der Waals surface area (Å²) in [6.07, 6.45) is 7.62. The van der Waals surface area contributed by atoms with E-state index in [-0.39, 0.29) is 29.5 Å². The minimum absolute atomic E-state index is 0.169. The molecular formula is C15H15NO2. The zero-order chi connectivity index (χ0) is 13.7. The van der Waals surface area contributed by atoms with Gasteiger partial charge in [-0.3, -0.25) is 14.5 Å². The predicted molar refractivity (Wildman–Crippen MR) is 72.6 cm³/mol. The molecule has 92 valence electrons. The molecule has 1 aliphatic rings. The molecule has 0 aromatic heterocycles. The van der Waals surface area contributed by atoms with E-state index < -0.39 is 0 Å². The molecule has 0 spiro atoms. The van der Waals surface area contributed by atoms with Gasteiger partial charge in [0, 0.05) is 0 Å². The molecule has 18 heavy (non-hydrogen) atoms. The summed E-state index contributed by atoms with van der Waals surface area (Å²) >= 11 is 0. The molecule has 0 radical (unpaired) electrons. The Morgan fingerprint density at radius 1 is 1.00 bits per heavy atom. The molecule has 0 unspecified atom stereocenters. The van der Waals surface area contributed by atoms with Crippen LogP contribution < -0.4 is 0 Å².